The first kappa shape index (κ1) is 20.8. The van der Waals surface area contributed by atoms with Crippen molar-refractivity contribution in [2.24, 2.45) is 11.8 Å². The molecule has 28 heavy (non-hydrogen) atoms. The van der Waals surface area contributed by atoms with Crippen LogP contribution in [0.2, 0.25) is 0 Å². The highest BCUT2D eigenvalue weighted by molar-refractivity contribution is 5.74. The summed E-state index contributed by atoms with van der Waals surface area (Å²) >= 11 is 0. The zero-order chi connectivity index (χ0) is 20.1. The Kier molecular flexibility index (Phi) is 6.75. The minimum Gasteiger partial charge on any atom is -0.339 e. The number of carbonyl (C=O) groups is 1. The lowest BCUT2D eigenvalue weighted by Crippen LogP contribution is -2.58. The Labute approximate surface area is 169 Å². The molecule has 3 atom stereocenters. The van der Waals surface area contributed by atoms with Gasteiger partial charge in [-0.3, -0.25) is 4.90 Å². The van der Waals surface area contributed by atoms with Gasteiger partial charge in [0.25, 0.3) is 0 Å². The van der Waals surface area contributed by atoms with Gasteiger partial charge in [-0.1, -0.05) is 13.8 Å². The van der Waals surface area contributed by atoms with Gasteiger partial charge in [0.05, 0.1) is 0 Å². The third-order valence-electron chi connectivity index (χ3n) is 6.00. The van der Waals surface area contributed by atoms with Gasteiger partial charge >= 0.3 is 6.03 Å². The van der Waals surface area contributed by atoms with Crippen LogP contribution in [-0.4, -0.2) is 65.2 Å². The van der Waals surface area contributed by atoms with Crippen LogP contribution < -0.4 is 15.5 Å². The predicted molar refractivity (Wildman–Crippen MR) is 112 cm³/mol. The van der Waals surface area contributed by atoms with Crippen LogP contribution in [0.5, 0.6) is 0 Å². The largest absolute Gasteiger partial charge is 0.339 e. The van der Waals surface area contributed by atoms with E-state index >= 15 is 0 Å². The normalized spacial score (nSPS) is 26.7. The van der Waals surface area contributed by atoms with Gasteiger partial charge < -0.3 is 15.5 Å². The maximum Gasteiger partial charge on any atom is 0.315 e. The van der Waals surface area contributed by atoms with Crippen LogP contribution in [0.1, 0.15) is 47.0 Å². The highest BCUT2D eigenvalue weighted by Gasteiger charge is 2.33. The molecule has 0 radical (unpaired) electrons. The molecule has 3 rings (SSSR count). The molecule has 1 aromatic rings. The second kappa shape index (κ2) is 9.07. The van der Waals surface area contributed by atoms with Gasteiger partial charge in [0.2, 0.25) is 5.95 Å². The number of amides is 2. The standard InChI is InChI=1S/C21H36N6O/c1-16-11-17(2)13-27(12-16)21(3,4)15-24-20(28)25-18-7-5-10-26(14-18)19-22-8-6-9-23-19/h6,8-9,16-18H,5,7,10-15H2,1-4H3,(H2,24,25,28). The number of aromatic nitrogens is 2. The van der Waals surface area contributed by atoms with Gasteiger partial charge in [0.1, 0.15) is 0 Å². The SMILES string of the molecule is CC1CC(C)CN(C(C)(C)CNC(=O)NC2CCCN(c3ncccn3)C2)C1. The zero-order valence-corrected chi connectivity index (χ0v) is 17.8. The number of anilines is 1. The van der Waals surface area contributed by atoms with Crippen LogP contribution in [0.15, 0.2) is 18.5 Å². The Morgan fingerprint density at radius 3 is 2.54 bits per heavy atom. The molecule has 7 nitrogen and oxygen atoms in total. The van der Waals surface area contributed by atoms with E-state index in [1.807, 2.05) is 6.07 Å². The first-order valence-corrected chi connectivity index (χ1v) is 10.6. The summed E-state index contributed by atoms with van der Waals surface area (Å²) in [6, 6.07) is 1.87. The number of nitrogens with one attached hydrogen (secondary N) is 2. The van der Waals surface area contributed by atoms with Gasteiger partial charge in [-0.25, -0.2) is 14.8 Å². The molecule has 7 heteroatoms. The quantitative estimate of drug-likeness (QED) is 0.811. The molecule has 2 fully saturated rings. The fourth-order valence-electron chi connectivity index (χ4n) is 4.53. The molecule has 0 bridgehead atoms. The third kappa shape index (κ3) is 5.56. The number of piperidine rings is 2. The van der Waals surface area contributed by atoms with Crippen molar-refractivity contribution in [3.05, 3.63) is 18.5 Å². The summed E-state index contributed by atoms with van der Waals surface area (Å²) < 4.78 is 0. The smallest absolute Gasteiger partial charge is 0.315 e. The van der Waals surface area contributed by atoms with Crippen molar-refractivity contribution in [2.75, 3.05) is 37.6 Å². The van der Waals surface area contributed by atoms with E-state index in [1.54, 1.807) is 12.4 Å². The highest BCUT2D eigenvalue weighted by Crippen LogP contribution is 2.26. The van der Waals surface area contributed by atoms with E-state index in [-0.39, 0.29) is 17.6 Å². The molecule has 2 aliphatic heterocycles. The Hall–Kier alpha value is -1.89. The van der Waals surface area contributed by atoms with E-state index in [0.717, 1.165) is 45.0 Å². The molecule has 0 spiro atoms. The van der Waals surface area contributed by atoms with E-state index in [0.29, 0.717) is 18.4 Å². The average Bonchev–Trinajstić information content (AvgIpc) is 2.67. The summed E-state index contributed by atoms with van der Waals surface area (Å²) in [7, 11) is 0. The van der Waals surface area contributed by atoms with Gasteiger partial charge in [-0.2, -0.15) is 0 Å². The van der Waals surface area contributed by atoms with Crippen LogP contribution >= 0.6 is 0 Å². The molecular formula is C21H36N6O. The number of nitrogens with zero attached hydrogens (tertiary/aromatic N) is 4. The lowest BCUT2D eigenvalue weighted by atomic mass is 9.88. The summed E-state index contributed by atoms with van der Waals surface area (Å²) in [6.07, 6.45) is 6.83. The molecule has 2 amide bonds. The molecule has 0 aliphatic carbocycles. The minimum absolute atomic E-state index is 0.0449. The Morgan fingerprint density at radius 2 is 1.86 bits per heavy atom. The second-order valence-electron chi connectivity index (χ2n) is 9.32. The lowest BCUT2D eigenvalue weighted by Gasteiger charge is -2.45. The Bertz CT molecular complexity index is 627. The number of rotatable bonds is 5. The molecule has 1 aromatic heterocycles. The van der Waals surface area contributed by atoms with Crippen molar-refractivity contribution in [3.8, 4) is 0 Å². The van der Waals surface area contributed by atoms with Crippen molar-refractivity contribution >= 4 is 12.0 Å². The van der Waals surface area contributed by atoms with E-state index in [1.165, 1.54) is 6.42 Å². The third-order valence-corrected chi connectivity index (χ3v) is 6.00. The number of hydrogen-bond acceptors (Lipinski definition) is 5. The topological polar surface area (TPSA) is 73.4 Å². The van der Waals surface area contributed by atoms with Crippen molar-refractivity contribution in [1.82, 2.24) is 25.5 Å². The van der Waals surface area contributed by atoms with E-state index < -0.39 is 0 Å². The highest BCUT2D eigenvalue weighted by atomic mass is 16.2. The van der Waals surface area contributed by atoms with Gasteiger partial charge in [0.15, 0.2) is 0 Å². The maximum atomic E-state index is 12.5. The summed E-state index contributed by atoms with van der Waals surface area (Å²) in [6.45, 7) is 13.7. The average molecular weight is 389 g/mol. The van der Waals surface area contributed by atoms with Crippen LogP contribution in [0.25, 0.3) is 0 Å². The van der Waals surface area contributed by atoms with Crippen molar-refractivity contribution < 1.29 is 4.79 Å². The first-order chi connectivity index (χ1) is 13.3. The minimum atomic E-state index is -0.0768. The second-order valence-corrected chi connectivity index (χ2v) is 9.32. The summed E-state index contributed by atoms with van der Waals surface area (Å²) in [5, 5.41) is 6.26. The fourth-order valence-corrected chi connectivity index (χ4v) is 4.53. The van der Waals surface area contributed by atoms with Crippen LogP contribution in [0.4, 0.5) is 10.7 Å². The molecule has 2 saturated heterocycles. The van der Waals surface area contributed by atoms with Gasteiger partial charge in [-0.05, 0) is 51.0 Å². The van der Waals surface area contributed by atoms with Crippen LogP contribution in [0.3, 0.4) is 0 Å². The molecule has 0 aromatic carbocycles. The molecule has 156 valence electrons. The van der Waals surface area contributed by atoms with E-state index in [2.05, 4.69) is 58.1 Å². The molecule has 3 heterocycles. The van der Waals surface area contributed by atoms with Crippen LogP contribution in [0, 0.1) is 11.8 Å². The summed E-state index contributed by atoms with van der Waals surface area (Å²) in [5.41, 5.74) is -0.0449. The summed E-state index contributed by atoms with van der Waals surface area (Å²) in [5.74, 6) is 2.17. The number of hydrogen-bond donors (Lipinski definition) is 2. The molecule has 2 N–H and O–H groups in total. The molecule has 0 saturated carbocycles. The molecular weight excluding hydrogens is 352 g/mol. The van der Waals surface area contributed by atoms with E-state index in [4.69, 9.17) is 0 Å². The zero-order valence-electron chi connectivity index (χ0n) is 17.8. The molecule has 2 aliphatic rings. The maximum absolute atomic E-state index is 12.5. The number of urea groups is 1. The fraction of sp³-hybridized carbons (Fsp3) is 0.762. The Balaban J connectivity index is 1.47. The van der Waals surface area contributed by atoms with Crippen molar-refractivity contribution in [2.45, 2.75) is 58.5 Å². The van der Waals surface area contributed by atoms with Crippen molar-refractivity contribution in [1.29, 1.82) is 0 Å². The first-order valence-electron chi connectivity index (χ1n) is 10.6. The van der Waals surface area contributed by atoms with Gasteiger partial charge in [0, 0.05) is 56.7 Å². The van der Waals surface area contributed by atoms with Crippen LogP contribution in [-0.2, 0) is 0 Å². The monoisotopic (exact) mass is 388 g/mol. The Morgan fingerprint density at radius 1 is 1.18 bits per heavy atom. The van der Waals surface area contributed by atoms with E-state index in [9.17, 15) is 4.79 Å². The number of carbonyl (C=O) groups excluding carboxylic acids is 1. The molecule has 3 unspecified atom stereocenters. The lowest BCUT2D eigenvalue weighted by molar-refractivity contribution is 0.0472. The van der Waals surface area contributed by atoms with Crippen molar-refractivity contribution in [3.63, 3.8) is 0 Å². The van der Waals surface area contributed by atoms with Gasteiger partial charge in [-0.15, -0.1) is 0 Å². The predicted octanol–water partition coefficient (Wildman–Crippen LogP) is 2.50. The number of likely N-dealkylation sites (tertiary alicyclic amines) is 1. The summed E-state index contributed by atoms with van der Waals surface area (Å²) in [4.78, 5) is 25.9.